The number of hydrogen-bond donors (Lipinski definition) is 3. The first-order valence-corrected chi connectivity index (χ1v) is 4.94. The summed E-state index contributed by atoms with van der Waals surface area (Å²) in [5, 5.41) is 22.0. The predicted molar refractivity (Wildman–Crippen MR) is 52.6 cm³/mol. The zero-order valence-electron chi connectivity index (χ0n) is 9.02. The molecule has 5 nitrogen and oxygen atoms in total. The molecule has 3 N–H and O–H groups in total. The van der Waals surface area contributed by atoms with Gasteiger partial charge >= 0.3 is 0 Å². The topological polar surface area (TPSA) is 86.6 Å². The molecule has 0 aromatic heterocycles. The molecular formula is C10H16NO4. The van der Waals surface area contributed by atoms with Gasteiger partial charge in [-0.2, -0.15) is 0 Å². The molecule has 1 fully saturated rings. The van der Waals surface area contributed by atoms with E-state index in [0.717, 1.165) is 0 Å². The molecule has 0 spiro atoms. The van der Waals surface area contributed by atoms with E-state index < -0.39 is 29.6 Å². The van der Waals surface area contributed by atoms with Crippen molar-refractivity contribution < 1.29 is 19.8 Å². The third-order valence-electron chi connectivity index (χ3n) is 2.95. The summed E-state index contributed by atoms with van der Waals surface area (Å²) in [6.07, 6.45) is -0.789. The van der Waals surface area contributed by atoms with Crippen molar-refractivity contribution in [2.45, 2.75) is 38.5 Å². The van der Waals surface area contributed by atoms with Gasteiger partial charge in [0.2, 0.25) is 12.2 Å². The molecule has 0 bridgehead atoms. The number of hydrogen-bond acceptors (Lipinski definition) is 4. The summed E-state index contributed by atoms with van der Waals surface area (Å²) in [6, 6.07) is 0. The van der Waals surface area contributed by atoms with Crippen LogP contribution >= 0.6 is 0 Å². The molecule has 4 atom stereocenters. The SMILES string of the molecule is CC(C)[C@H](O)[C@@]1([C]=O)NC(=O)[C@H](C)[C@@H]1O. The fraction of sp³-hybridized carbons (Fsp3) is 0.800. The van der Waals surface area contributed by atoms with E-state index in [2.05, 4.69) is 5.32 Å². The molecule has 85 valence electrons. The van der Waals surface area contributed by atoms with Gasteiger partial charge < -0.3 is 15.5 Å². The summed E-state index contributed by atoms with van der Waals surface area (Å²) in [7, 11) is 0. The molecule has 1 saturated heterocycles. The molecule has 1 radical (unpaired) electrons. The zero-order valence-corrected chi connectivity index (χ0v) is 9.02. The smallest absolute Gasteiger partial charge is 0.231 e. The lowest BCUT2D eigenvalue weighted by Gasteiger charge is -2.33. The van der Waals surface area contributed by atoms with E-state index in [9.17, 15) is 19.8 Å². The minimum atomic E-state index is -1.68. The monoisotopic (exact) mass is 214 g/mol. The molecular weight excluding hydrogens is 198 g/mol. The Balaban J connectivity index is 3.06. The summed E-state index contributed by atoms with van der Waals surface area (Å²) in [6.45, 7) is 4.91. The summed E-state index contributed by atoms with van der Waals surface area (Å²) < 4.78 is 0. The quantitative estimate of drug-likeness (QED) is 0.561. The maximum Gasteiger partial charge on any atom is 0.231 e. The Morgan fingerprint density at radius 1 is 1.53 bits per heavy atom. The second-order valence-corrected chi connectivity index (χ2v) is 4.38. The van der Waals surface area contributed by atoms with E-state index in [-0.39, 0.29) is 5.92 Å². The Hall–Kier alpha value is -0.940. The molecule has 5 heteroatoms. The van der Waals surface area contributed by atoms with Crippen molar-refractivity contribution in [3.63, 3.8) is 0 Å². The van der Waals surface area contributed by atoms with Crippen LogP contribution in [-0.4, -0.2) is 40.2 Å². The molecule has 1 heterocycles. The van der Waals surface area contributed by atoms with Crippen LogP contribution < -0.4 is 5.32 Å². The average Bonchev–Trinajstić information content (AvgIpc) is 2.42. The highest BCUT2D eigenvalue weighted by atomic mass is 16.3. The fourth-order valence-electron chi connectivity index (χ4n) is 1.85. The number of aliphatic hydroxyl groups is 2. The highest BCUT2D eigenvalue weighted by molar-refractivity contribution is 5.89. The molecule has 1 aliphatic heterocycles. The maximum absolute atomic E-state index is 11.3. The van der Waals surface area contributed by atoms with E-state index in [0.29, 0.717) is 0 Å². The number of amides is 1. The average molecular weight is 214 g/mol. The van der Waals surface area contributed by atoms with Gasteiger partial charge in [0.1, 0.15) is 0 Å². The zero-order chi connectivity index (χ0) is 11.8. The molecule has 0 aromatic rings. The first-order chi connectivity index (χ1) is 6.86. The molecule has 0 aliphatic carbocycles. The van der Waals surface area contributed by atoms with E-state index in [4.69, 9.17) is 0 Å². The molecule has 1 amide bonds. The number of rotatable bonds is 3. The van der Waals surface area contributed by atoms with Gasteiger partial charge in [-0.25, -0.2) is 0 Å². The van der Waals surface area contributed by atoms with Crippen molar-refractivity contribution >= 4 is 12.2 Å². The largest absolute Gasteiger partial charge is 0.390 e. The number of nitrogens with one attached hydrogen (secondary N) is 1. The summed E-state index contributed by atoms with van der Waals surface area (Å²) in [4.78, 5) is 22.2. The van der Waals surface area contributed by atoms with Crippen LogP contribution in [0.3, 0.4) is 0 Å². The van der Waals surface area contributed by atoms with Gasteiger partial charge in [-0.15, -0.1) is 0 Å². The molecule has 0 aromatic carbocycles. The highest BCUT2D eigenvalue weighted by Gasteiger charge is 2.56. The lowest BCUT2D eigenvalue weighted by atomic mass is 9.81. The first-order valence-electron chi connectivity index (χ1n) is 4.94. The first kappa shape index (κ1) is 12.1. The third-order valence-corrected chi connectivity index (χ3v) is 2.95. The molecule has 0 unspecified atom stereocenters. The Kier molecular flexibility index (Phi) is 3.16. The minimum absolute atomic E-state index is 0.258. The van der Waals surface area contributed by atoms with Crippen LogP contribution in [0.15, 0.2) is 0 Å². The minimum Gasteiger partial charge on any atom is -0.390 e. The van der Waals surface area contributed by atoms with E-state index in [1.54, 1.807) is 20.1 Å². The van der Waals surface area contributed by atoms with E-state index >= 15 is 0 Å². The number of carbonyl (C=O) groups is 1. The van der Waals surface area contributed by atoms with Crippen LogP contribution in [-0.2, 0) is 9.59 Å². The van der Waals surface area contributed by atoms with Gasteiger partial charge in [-0.3, -0.25) is 9.59 Å². The Bertz CT molecular complexity index is 279. The van der Waals surface area contributed by atoms with Gasteiger partial charge in [0.15, 0.2) is 5.54 Å². The van der Waals surface area contributed by atoms with Crippen molar-refractivity contribution in [3.05, 3.63) is 0 Å². The lowest BCUT2D eigenvalue weighted by Crippen LogP contribution is -2.61. The van der Waals surface area contributed by atoms with Crippen molar-refractivity contribution in [1.82, 2.24) is 5.32 Å². The molecule has 1 rings (SSSR count). The van der Waals surface area contributed by atoms with Crippen molar-refractivity contribution in [2.24, 2.45) is 11.8 Å². The summed E-state index contributed by atoms with van der Waals surface area (Å²) in [5.41, 5.74) is -1.68. The standard InChI is InChI=1S/C10H16NO4/c1-5(2)7(13)10(4-12)8(14)6(3)9(15)11-10/h5-8,13-14H,1-3H3,(H,11,15)/t6-,7+,8+,10-/m1/s1. The second kappa shape index (κ2) is 3.90. The third kappa shape index (κ3) is 1.66. The van der Waals surface area contributed by atoms with Crippen LogP contribution in [0.2, 0.25) is 0 Å². The van der Waals surface area contributed by atoms with Crippen LogP contribution in [0.5, 0.6) is 0 Å². The van der Waals surface area contributed by atoms with Crippen molar-refractivity contribution in [2.75, 3.05) is 0 Å². The van der Waals surface area contributed by atoms with Crippen LogP contribution in [0, 0.1) is 11.8 Å². The lowest BCUT2D eigenvalue weighted by molar-refractivity contribution is -0.123. The maximum atomic E-state index is 11.3. The van der Waals surface area contributed by atoms with Gasteiger partial charge in [0, 0.05) is 0 Å². The van der Waals surface area contributed by atoms with Crippen LogP contribution in [0.4, 0.5) is 0 Å². The van der Waals surface area contributed by atoms with Gasteiger partial charge in [-0.05, 0) is 5.92 Å². The van der Waals surface area contributed by atoms with Crippen molar-refractivity contribution in [3.8, 4) is 0 Å². The molecule has 1 aliphatic rings. The molecule has 0 saturated carbocycles. The predicted octanol–water partition coefficient (Wildman–Crippen LogP) is -1.02. The Labute approximate surface area is 88.5 Å². The van der Waals surface area contributed by atoms with Crippen molar-refractivity contribution in [1.29, 1.82) is 0 Å². The van der Waals surface area contributed by atoms with E-state index in [1.165, 1.54) is 6.92 Å². The Morgan fingerprint density at radius 3 is 2.33 bits per heavy atom. The number of aliphatic hydroxyl groups excluding tert-OH is 2. The van der Waals surface area contributed by atoms with Gasteiger partial charge in [0.05, 0.1) is 18.1 Å². The second-order valence-electron chi connectivity index (χ2n) is 4.38. The number of carbonyl (C=O) groups excluding carboxylic acids is 2. The van der Waals surface area contributed by atoms with Gasteiger partial charge in [-0.1, -0.05) is 20.8 Å². The fourth-order valence-corrected chi connectivity index (χ4v) is 1.85. The van der Waals surface area contributed by atoms with E-state index in [1.807, 2.05) is 0 Å². The Morgan fingerprint density at radius 2 is 2.07 bits per heavy atom. The van der Waals surface area contributed by atoms with Crippen LogP contribution in [0.25, 0.3) is 0 Å². The highest BCUT2D eigenvalue weighted by Crippen LogP contribution is 2.30. The van der Waals surface area contributed by atoms with Gasteiger partial charge in [0.25, 0.3) is 0 Å². The normalized spacial score (nSPS) is 37.9. The molecule has 15 heavy (non-hydrogen) atoms. The summed E-state index contributed by atoms with van der Waals surface area (Å²) >= 11 is 0. The summed E-state index contributed by atoms with van der Waals surface area (Å²) in [5.74, 6) is -1.41. The van der Waals surface area contributed by atoms with Crippen LogP contribution in [0.1, 0.15) is 20.8 Å².